The summed E-state index contributed by atoms with van der Waals surface area (Å²) in [7, 11) is 0. The van der Waals surface area contributed by atoms with Crippen LogP contribution in [0.4, 0.5) is 0 Å². The zero-order valence-corrected chi connectivity index (χ0v) is 13.4. The highest BCUT2D eigenvalue weighted by Gasteiger charge is 2.28. The molecule has 0 aliphatic carbocycles. The van der Waals surface area contributed by atoms with E-state index in [1.807, 2.05) is 6.07 Å². The summed E-state index contributed by atoms with van der Waals surface area (Å²) in [5.41, 5.74) is 2.29. The molecule has 1 aromatic carbocycles. The largest absolute Gasteiger partial charge is 0.444 e. The van der Waals surface area contributed by atoms with Crippen molar-refractivity contribution >= 4 is 22.8 Å². The minimum atomic E-state index is -0.0565. The van der Waals surface area contributed by atoms with Gasteiger partial charge in [0.1, 0.15) is 12.3 Å². The SMILES string of the molecule is CC(C)(C)C1=NC/C(=C(/c2ccccc2)c2cccs2)O1. The zero-order valence-electron chi connectivity index (χ0n) is 12.6. The summed E-state index contributed by atoms with van der Waals surface area (Å²) in [5.74, 6) is 1.77. The fraction of sp³-hybridized carbons (Fsp3) is 0.278. The molecular weight excluding hydrogens is 278 g/mol. The molecule has 0 spiro atoms. The van der Waals surface area contributed by atoms with E-state index >= 15 is 0 Å². The third kappa shape index (κ3) is 2.93. The van der Waals surface area contributed by atoms with Gasteiger partial charge in [0.25, 0.3) is 0 Å². The van der Waals surface area contributed by atoms with E-state index in [9.17, 15) is 0 Å². The van der Waals surface area contributed by atoms with Gasteiger partial charge in [-0.05, 0) is 17.0 Å². The molecule has 0 bridgehead atoms. The van der Waals surface area contributed by atoms with Gasteiger partial charge in [-0.25, -0.2) is 4.99 Å². The van der Waals surface area contributed by atoms with Crippen LogP contribution in [0.25, 0.3) is 5.57 Å². The Labute approximate surface area is 129 Å². The van der Waals surface area contributed by atoms with Crippen LogP contribution in [-0.2, 0) is 4.74 Å². The maximum atomic E-state index is 6.10. The number of benzene rings is 1. The van der Waals surface area contributed by atoms with E-state index < -0.39 is 0 Å². The summed E-state index contributed by atoms with van der Waals surface area (Å²) in [4.78, 5) is 5.81. The van der Waals surface area contributed by atoms with Crippen molar-refractivity contribution in [2.45, 2.75) is 20.8 Å². The second-order valence-corrected chi connectivity index (χ2v) is 7.06. The van der Waals surface area contributed by atoms with Crippen LogP contribution in [0.15, 0.2) is 58.6 Å². The molecule has 3 rings (SSSR count). The Kier molecular flexibility index (Phi) is 3.68. The number of ether oxygens (including phenoxy) is 1. The first kappa shape index (κ1) is 14.1. The van der Waals surface area contributed by atoms with E-state index in [-0.39, 0.29) is 5.41 Å². The first-order valence-electron chi connectivity index (χ1n) is 7.11. The summed E-state index contributed by atoms with van der Waals surface area (Å²) in [6.07, 6.45) is 0. The lowest BCUT2D eigenvalue weighted by atomic mass is 9.97. The number of rotatable bonds is 2. The quantitative estimate of drug-likeness (QED) is 0.766. The number of thiophene rings is 1. The van der Waals surface area contributed by atoms with Crippen molar-refractivity contribution in [2.24, 2.45) is 10.4 Å². The lowest BCUT2D eigenvalue weighted by Crippen LogP contribution is -2.20. The van der Waals surface area contributed by atoms with E-state index in [0.29, 0.717) is 6.54 Å². The fourth-order valence-corrected chi connectivity index (χ4v) is 3.12. The molecule has 1 aliphatic rings. The van der Waals surface area contributed by atoms with Gasteiger partial charge in [0.05, 0.1) is 0 Å². The smallest absolute Gasteiger partial charge is 0.195 e. The Morgan fingerprint density at radius 2 is 1.86 bits per heavy atom. The van der Waals surface area contributed by atoms with Crippen LogP contribution in [0.3, 0.4) is 0 Å². The zero-order chi connectivity index (χ0) is 14.9. The second-order valence-electron chi connectivity index (χ2n) is 6.11. The molecule has 0 unspecified atom stereocenters. The minimum absolute atomic E-state index is 0.0565. The molecule has 0 saturated carbocycles. The van der Waals surface area contributed by atoms with Crippen LogP contribution in [0.5, 0.6) is 0 Å². The second kappa shape index (κ2) is 5.49. The van der Waals surface area contributed by atoms with Crippen LogP contribution in [0, 0.1) is 5.41 Å². The summed E-state index contributed by atoms with van der Waals surface area (Å²) in [6.45, 7) is 7.00. The Morgan fingerprint density at radius 1 is 1.10 bits per heavy atom. The average Bonchev–Trinajstić information content (AvgIpc) is 3.11. The van der Waals surface area contributed by atoms with E-state index in [4.69, 9.17) is 4.74 Å². The van der Waals surface area contributed by atoms with Gasteiger partial charge in [0.2, 0.25) is 0 Å². The summed E-state index contributed by atoms with van der Waals surface area (Å²) < 4.78 is 6.10. The van der Waals surface area contributed by atoms with Gasteiger partial charge < -0.3 is 4.74 Å². The first-order chi connectivity index (χ1) is 10.1. The third-order valence-electron chi connectivity index (χ3n) is 3.34. The Balaban J connectivity index is 2.05. The molecule has 0 atom stereocenters. The van der Waals surface area contributed by atoms with Gasteiger partial charge in [0.15, 0.2) is 5.90 Å². The molecular formula is C18H19NOS. The first-order valence-corrected chi connectivity index (χ1v) is 7.99. The van der Waals surface area contributed by atoms with Crippen molar-refractivity contribution in [3.05, 3.63) is 64.0 Å². The van der Waals surface area contributed by atoms with Crippen molar-refractivity contribution < 1.29 is 4.74 Å². The molecule has 21 heavy (non-hydrogen) atoms. The van der Waals surface area contributed by atoms with Crippen LogP contribution in [0.1, 0.15) is 31.2 Å². The standard InChI is InChI=1S/C18H19NOS/c1-18(2,3)17-19-12-14(20-17)16(15-10-7-11-21-15)13-8-5-4-6-9-13/h4-11H,12H2,1-3H3/b16-14+. The van der Waals surface area contributed by atoms with Crippen molar-refractivity contribution in [3.8, 4) is 0 Å². The Bertz CT molecular complexity index is 676. The van der Waals surface area contributed by atoms with E-state index in [2.05, 4.69) is 67.5 Å². The molecule has 1 aromatic heterocycles. The van der Waals surface area contributed by atoms with Gasteiger partial charge in [-0.15, -0.1) is 11.3 Å². The number of nitrogens with zero attached hydrogens (tertiary/aromatic N) is 1. The minimum Gasteiger partial charge on any atom is -0.444 e. The van der Waals surface area contributed by atoms with Crippen molar-refractivity contribution in [2.75, 3.05) is 6.54 Å². The monoisotopic (exact) mass is 297 g/mol. The van der Waals surface area contributed by atoms with Crippen LogP contribution in [0.2, 0.25) is 0 Å². The summed E-state index contributed by atoms with van der Waals surface area (Å²) in [6, 6.07) is 14.6. The van der Waals surface area contributed by atoms with Crippen LogP contribution < -0.4 is 0 Å². The van der Waals surface area contributed by atoms with Gasteiger partial charge >= 0.3 is 0 Å². The predicted octanol–water partition coefficient (Wildman–Crippen LogP) is 4.98. The molecule has 2 nitrogen and oxygen atoms in total. The predicted molar refractivity (Wildman–Crippen MR) is 89.6 cm³/mol. The average molecular weight is 297 g/mol. The molecule has 108 valence electrons. The van der Waals surface area contributed by atoms with Gasteiger partial charge in [-0.2, -0.15) is 0 Å². The number of hydrogen-bond donors (Lipinski definition) is 0. The van der Waals surface area contributed by atoms with Gasteiger partial charge in [-0.3, -0.25) is 0 Å². The normalized spacial score (nSPS) is 17.4. The van der Waals surface area contributed by atoms with Crippen LogP contribution >= 0.6 is 11.3 Å². The highest BCUT2D eigenvalue weighted by atomic mass is 32.1. The number of aliphatic imine (C=N–C) groups is 1. The third-order valence-corrected chi connectivity index (χ3v) is 4.22. The van der Waals surface area contributed by atoms with Crippen molar-refractivity contribution in [1.29, 1.82) is 0 Å². The molecule has 0 radical (unpaired) electrons. The lowest BCUT2D eigenvalue weighted by molar-refractivity contribution is 0.371. The van der Waals surface area contributed by atoms with Crippen molar-refractivity contribution in [1.82, 2.24) is 0 Å². The van der Waals surface area contributed by atoms with E-state index in [0.717, 1.165) is 17.2 Å². The van der Waals surface area contributed by atoms with Crippen molar-refractivity contribution in [3.63, 3.8) is 0 Å². The Morgan fingerprint density at radius 3 is 2.43 bits per heavy atom. The van der Waals surface area contributed by atoms with Crippen LogP contribution in [-0.4, -0.2) is 12.4 Å². The Hall–Kier alpha value is -1.87. The molecule has 0 amide bonds. The maximum Gasteiger partial charge on any atom is 0.195 e. The molecule has 2 aromatic rings. The molecule has 0 N–H and O–H groups in total. The van der Waals surface area contributed by atoms with Gasteiger partial charge in [0, 0.05) is 15.9 Å². The molecule has 0 saturated heterocycles. The molecule has 3 heteroatoms. The molecule has 2 heterocycles. The van der Waals surface area contributed by atoms with E-state index in [1.54, 1.807) is 11.3 Å². The van der Waals surface area contributed by atoms with E-state index in [1.165, 1.54) is 10.4 Å². The maximum absolute atomic E-state index is 6.10. The van der Waals surface area contributed by atoms with Gasteiger partial charge in [-0.1, -0.05) is 57.2 Å². The lowest BCUT2D eigenvalue weighted by Gasteiger charge is -2.18. The highest BCUT2D eigenvalue weighted by Crippen LogP contribution is 2.34. The topological polar surface area (TPSA) is 21.6 Å². The summed E-state index contributed by atoms with van der Waals surface area (Å²) >= 11 is 1.73. The molecule has 1 aliphatic heterocycles. The highest BCUT2D eigenvalue weighted by molar-refractivity contribution is 7.11. The number of hydrogen-bond acceptors (Lipinski definition) is 3. The fourth-order valence-electron chi connectivity index (χ4n) is 2.31. The molecule has 0 fully saturated rings. The summed E-state index contributed by atoms with van der Waals surface area (Å²) in [5, 5.41) is 2.10.